The van der Waals surface area contributed by atoms with Crippen LogP contribution in [0.3, 0.4) is 0 Å². The van der Waals surface area contributed by atoms with Gasteiger partial charge in [-0.3, -0.25) is 4.79 Å². The van der Waals surface area contributed by atoms with Crippen LogP contribution >= 0.6 is 0 Å². The van der Waals surface area contributed by atoms with Crippen LogP contribution in [0.15, 0.2) is 18.2 Å². The summed E-state index contributed by atoms with van der Waals surface area (Å²) in [5, 5.41) is 27.5. The summed E-state index contributed by atoms with van der Waals surface area (Å²) in [5.74, 6) is -1.61. The van der Waals surface area contributed by atoms with Gasteiger partial charge in [-0.1, -0.05) is 12.1 Å². The molecule has 0 aliphatic rings. The van der Waals surface area contributed by atoms with Crippen molar-refractivity contribution < 1.29 is 24.9 Å². The highest BCUT2D eigenvalue weighted by Crippen LogP contribution is 2.22. The zero-order chi connectivity index (χ0) is 13.2. The molecule has 17 heavy (non-hydrogen) atoms. The minimum Gasteiger partial charge on any atom is -0.479 e. The largest absolute Gasteiger partial charge is 0.479 e. The Bertz CT molecular complexity index is 452. The molecule has 0 aliphatic carbocycles. The fraction of sp³-hybridized carbons (Fsp3) is 0.333. The third kappa shape index (κ3) is 2.89. The first kappa shape index (κ1) is 13.3. The van der Waals surface area contributed by atoms with Gasteiger partial charge >= 0.3 is 5.97 Å². The maximum absolute atomic E-state index is 11.1. The smallest absolute Gasteiger partial charge is 0.335 e. The lowest BCUT2D eigenvalue weighted by atomic mass is 9.96. The van der Waals surface area contributed by atoms with Crippen molar-refractivity contribution in [2.45, 2.75) is 26.1 Å². The minimum atomic E-state index is -1.88. The van der Waals surface area contributed by atoms with Crippen molar-refractivity contribution in [3.05, 3.63) is 34.9 Å². The van der Waals surface area contributed by atoms with Gasteiger partial charge in [0.1, 0.15) is 6.10 Å². The Balaban J connectivity index is 3.08. The van der Waals surface area contributed by atoms with Gasteiger partial charge in [-0.25, -0.2) is 4.79 Å². The molecule has 1 aromatic carbocycles. The summed E-state index contributed by atoms with van der Waals surface area (Å²) in [5.41, 5.74) is 1.33. The van der Waals surface area contributed by atoms with Crippen LogP contribution in [0.2, 0.25) is 0 Å². The predicted molar refractivity (Wildman–Crippen MR) is 59.8 cm³/mol. The van der Waals surface area contributed by atoms with Crippen LogP contribution in [0.4, 0.5) is 0 Å². The zero-order valence-electron chi connectivity index (χ0n) is 9.54. The standard InChI is InChI=1S/C12H14O5/c1-6-5-8(7(2)13)3-4-9(6)10(14)11(15)12(16)17/h3-5,10-11,14-15H,1-2H3,(H,16,17). The number of aliphatic hydroxyl groups is 2. The van der Waals surface area contributed by atoms with Crippen molar-refractivity contribution in [2.75, 3.05) is 0 Å². The van der Waals surface area contributed by atoms with E-state index in [1.54, 1.807) is 13.0 Å². The molecule has 2 unspecified atom stereocenters. The first-order chi connectivity index (χ1) is 7.84. The van der Waals surface area contributed by atoms with Crippen LogP contribution < -0.4 is 0 Å². The van der Waals surface area contributed by atoms with E-state index in [1.165, 1.54) is 19.1 Å². The number of hydrogen-bond donors (Lipinski definition) is 3. The Labute approximate surface area is 98.3 Å². The molecule has 0 amide bonds. The Hall–Kier alpha value is -1.72. The second-order valence-corrected chi connectivity index (χ2v) is 3.86. The lowest BCUT2D eigenvalue weighted by Gasteiger charge is -2.17. The highest BCUT2D eigenvalue weighted by Gasteiger charge is 2.26. The first-order valence-corrected chi connectivity index (χ1v) is 5.05. The maximum atomic E-state index is 11.1. The monoisotopic (exact) mass is 238 g/mol. The molecule has 5 nitrogen and oxygen atoms in total. The molecule has 5 heteroatoms. The topological polar surface area (TPSA) is 94.8 Å². The van der Waals surface area contributed by atoms with E-state index in [0.717, 1.165) is 0 Å². The quantitative estimate of drug-likeness (QED) is 0.670. The zero-order valence-corrected chi connectivity index (χ0v) is 9.54. The van der Waals surface area contributed by atoms with E-state index >= 15 is 0 Å². The van der Waals surface area contributed by atoms with E-state index in [2.05, 4.69) is 0 Å². The fourth-order valence-electron chi connectivity index (χ4n) is 1.53. The molecular formula is C12H14O5. The van der Waals surface area contributed by atoms with Crippen LogP contribution in [0.25, 0.3) is 0 Å². The van der Waals surface area contributed by atoms with Gasteiger partial charge in [-0.15, -0.1) is 0 Å². The number of carboxylic acids is 1. The summed E-state index contributed by atoms with van der Waals surface area (Å²) in [6, 6.07) is 4.49. The highest BCUT2D eigenvalue weighted by atomic mass is 16.4. The number of ketones is 1. The third-order valence-electron chi connectivity index (χ3n) is 2.55. The number of carbonyl (C=O) groups is 2. The van der Waals surface area contributed by atoms with E-state index in [0.29, 0.717) is 16.7 Å². The summed E-state index contributed by atoms with van der Waals surface area (Å²) < 4.78 is 0. The van der Waals surface area contributed by atoms with Crippen LogP contribution in [0.1, 0.15) is 34.5 Å². The van der Waals surface area contributed by atoms with Crippen molar-refractivity contribution in [1.82, 2.24) is 0 Å². The molecule has 0 aliphatic heterocycles. The summed E-state index contributed by atoms with van der Waals surface area (Å²) >= 11 is 0. The van der Waals surface area contributed by atoms with Crippen molar-refractivity contribution in [2.24, 2.45) is 0 Å². The van der Waals surface area contributed by atoms with E-state index in [4.69, 9.17) is 5.11 Å². The van der Waals surface area contributed by atoms with Gasteiger partial charge in [0.25, 0.3) is 0 Å². The molecule has 3 N–H and O–H groups in total. The Kier molecular flexibility index (Phi) is 3.98. The molecule has 2 atom stereocenters. The summed E-state index contributed by atoms with van der Waals surface area (Å²) in [4.78, 5) is 21.7. The number of hydrogen-bond acceptors (Lipinski definition) is 4. The Morgan fingerprint density at radius 3 is 2.24 bits per heavy atom. The predicted octanol–water partition coefficient (Wildman–Crippen LogP) is 0.677. The van der Waals surface area contributed by atoms with E-state index in [9.17, 15) is 19.8 Å². The molecule has 0 saturated carbocycles. The van der Waals surface area contributed by atoms with Gasteiger partial charge in [0.05, 0.1) is 0 Å². The van der Waals surface area contributed by atoms with Crippen molar-refractivity contribution >= 4 is 11.8 Å². The Morgan fingerprint density at radius 2 is 1.82 bits per heavy atom. The molecule has 0 fully saturated rings. The molecule has 1 rings (SSSR count). The number of carboxylic acid groups (broad SMARTS) is 1. The van der Waals surface area contributed by atoms with Gasteiger partial charge in [-0.05, 0) is 31.0 Å². The SMILES string of the molecule is CC(=O)c1ccc(C(O)C(O)C(=O)O)c(C)c1. The molecule has 0 saturated heterocycles. The molecule has 0 bridgehead atoms. The molecule has 0 spiro atoms. The second-order valence-electron chi connectivity index (χ2n) is 3.86. The normalized spacial score (nSPS) is 14.1. The number of carbonyl (C=O) groups excluding carboxylic acids is 1. The summed E-state index contributed by atoms with van der Waals surface area (Å²) in [7, 11) is 0. The van der Waals surface area contributed by atoms with Gasteiger partial charge in [0, 0.05) is 5.56 Å². The third-order valence-corrected chi connectivity index (χ3v) is 2.55. The second kappa shape index (κ2) is 5.07. The minimum absolute atomic E-state index is 0.118. The molecular weight excluding hydrogens is 224 g/mol. The number of benzene rings is 1. The van der Waals surface area contributed by atoms with E-state index in [-0.39, 0.29) is 5.78 Å². The Morgan fingerprint density at radius 1 is 1.24 bits per heavy atom. The maximum Gasteiger partial charge on any atom is 0.335 e. The van der Waals surface area contributed by atoms with Crippen molar-refractivity contribution in [3.8, 4) is 0 Å². The van der Waals surface area contributed by atoms with Crippen molar-refractivity contribution in [1.29, 1.82) is 0 Å². The van der Waals surface area contributed by atoms with E-state index < -0.39 is 18.2 Å². The summed E-state index contributed by atoms with van der Waals surface area (Å²) in [6.45, 7) is 3.05. The van der Waals surface area contributed by atoms with Crippen molar-refractivity contribution in [3.63, 3.8) is 0 Å². The van der Waals surface area contributed by atoms with E-state index in [1.807, 2.05) is 0 Å². The van der Waals surface area contributed by atoms with Gasteiger partial charge in [0.2, 0.25) is 0 Å². The molecule has 92 valence electrons. The first-order valence-electron chi connectivity index (χ1n) is 5.05. The van der Waals surface area contributed by atoms with Crippen LogP contribution in [-0.4, -0.2) is 33.2 Å². The van der Waals surface area contributed by atoms with Crippen LogP contribution in [0.5, 0.6) is 0 Å². The molecule has 0 aromatic heterocycles. The summed E-state index contributed by atoms with van der Waals surface area (Å²) in [6.07, 6.45) is -3.38. The number of aliphatic carboxylic acids is 1. The molecule has 0 heterocycles. The lowest BCUT2D eigenvalue weighted by Crippen LogP contribution is -2.28. The van der Waals surface area contributed by atoms with Gasteiger partial charge in [-0.2, -0.15) is 0 Å². The average molecular weight is 238 g/mol. The number of rotatable bonds is 4. The number of Topliss-reactive ketones (excluding diaryl/α,β-unsaturated/α-hetero) is 1. The molecule has 1 aromatic rings. The van der Waals surface area contributed by atoms with Crippen LogP contribution in [0, 0.1) is 6.92 Å². The van der Waals surface area contributed by atoms with Crippen LogP contribution in [-0.2, 0) is 4.79 Å². The van der Waals surface area contributed by atoms with Gasteiger partial charge < -0.3 is 15.3 Å². The number of aliphatic hydroxyl groups excluding tert-OH is 2. The molecule has 0 radical (unpaired) electrons. The highest BCUT2D eigenvalue weighted by molar-refractivity contribution is 5.94. The fourth-order valence-corrected chi connectivity index (χ4v) is 1.53. The lowest BCUT2D eigenvalue weighted by molar-refractivity contribution is -0.153. The average Bonchev–Trinajstić information content (AvgIpc) is 2.26. The van der Waals surface area contributed by atoms with Gasteiger partial charge in [0.15, 0.2) is 11.9 Å². The number of aryl methyl sites for hydroxylation is 1.